The summed E-state index contributed by atoms with van der Waals surface area (Å²) >= 11 is 0. The van der Waals surface area contributed by atoms with Crippen molar-refractivity contribution in [2.24, 2.45) is 11.8 Å². The molecule has 0 atom stereocenters. The molecule has 0 N–H and O–H groups in total. The van der Waals surface area contributed by atoms with Crippen LogP contribution in [0.4, 0.5) is 0 Å². The second-order valence-electron chi connectivity index (χ2n) is 7.29. The molecule has 0 unspecified atom stereocenters. The van der Waals surface area contributed by atoms with Crippen LogP contribution in [-0.2, 0) is 0 Å². The molecule has 3 aliphatic rings. The van der Waals surface area contributed by atoms with E-state index in [1.54, 1.807) is 38.5 Å². The van der Waals surface area contributed by atoms with Crippen molar-refractivity contribution in [1.82, 2.24) is 0 Å². The molecular formula is C16H30S. The zero-order valence-corrected chi connectivity index (χ0v) is 12.6. The van der Waals surface area contributed by atoms with Crippen molar-refractivity contribution in [1.29, 1.82) is 0 Å². The van der Waals surface area contributed by atoms with Crippen LogP contribution < -0.4 is 0 Å². The molecule has 3 aliphatic carbocycles. The molecule has 0 radical (unpaired) electrons. The summed E-state index contributed by atoms with van der Waals surface area (Å²) in [5, 5.41) is 2.28. The van der Waals surface area contributed by atoms with Gasteiger partial charge in [-0.05, 0) is 60.5 Å². The van der Waals surface area contributed by atoms with E-state index >= 15 is 0 Å². The predicted molar refractivity (Wildman–Crippen MR) is 80.2 cm³/mol. The lowest BCUT2D eigenvalue weighted by molar-refractivity contribution is 0.134. The number of rotatable bonds is 3. The van der Waals surface area contributed by atoms with E-state index < -0.39 is 0 Å². The van der Waals surface area contributed by atoms with Crippen molar-refractivity contribution in [2.45, 2.75) is 74.7 Å². The summed E-state index contributed by atoms with van der Waals surface area (Å²) < 4.78 is 0. The van der Waals surface area contributed by atoms with Gasteiger partial charge in [0.25, 0.3) is 0 Å². The van der Waals surface area contributed by atoms with Crippen LogP contribution in [0.3, 0.4) is 0 Å². The van der Waals surface area contributed by atoms with Gasteiger partial charge in [-0.1, -0.05) is 38.5 Å². The van der Waals surface area contributed by atoms with E-state index in [9.17, 15) is 0 Å². The molecule has 0 aromatic heterocycles. The highest BCUT2D eigenvalue weighted by atomic mass is 32.3. The number of hydrogen-bond donors (Lipinski definition) is 0. The fraction of sp³-hybridized carbons (Fsp3) is 1.00. The summed E-state index contributed by atoms with van der Waals surface area (Å²) in [5.74, 6) is 2.32. The Labute approximate surface area is 109 Å². The Morgan fingerprint density at radius 1 is 0.647 bits per heavy atom. The first-order valence-electron chi connectivity index (χ1n) is 7.89. The van der Waals surface area contributed by atoms with Gasteiger partial charge in [0.05, 0.1) is 0 Å². The maximum atomic E-state index is 2.67. The Morgan fingerprint density at radius 2 is 1.29 bits per heavy atom. The van der Waals surface area contributed by atoms with Crippen molar-refractivity contribution >= 4 is 10.0 Å². The molecule has 3 saturated carbocycles. The first-order chi connectivity index (χ1) is 8.18. The summed E-state index contributed by atoms with van der Waals surface area (Å²) in [4.78, 5) is 0. The molecule has 0 nitrogen and oxygen atoms in total. The molecule has 1 heteroatoms. The van der Waals surface area contributed by atoms with Gasteiger partial charge in [0.1, 0.15) is 0 Å². The van der Waals surface area contributed by atoms with Crippen LogP contribution in [0.25, 0.3) is 0 Å². The summed E-state index contributed by atoms with van der Waals surface area (Å²) in [7, 11) is -0.276. The maximum Gasteiger partial charge on any atom is -0.0109 e. The monoisotopic (exact) mass is 254 g/mol. The van der Waals surface area contributed by atoms with E-state index in [2.05, 4.69) is 12.5 Å². The van der Waals surface area contributed by atoms with Crippen molar-refractivity contribution in [3.63, 3.8) is 0 Å². The van der Waals surface area contributed by atoms with E-state index in [1.807, 2.05) is 0 Å². The second kappa shape index (κ2) is 4.79. The van der Waals surface area contributed by atoms with Crippen molar-refractivity contribution in [2.75, 3.05) is 12.5 Å². The quantitative estimate of drug-likeness (QED) is 0.667. The van der Waals surface area contributed by atoms with Gasteiger partial charge in [0, 0.05) is 0 Å². The zero-order valence-electron chi connectivity index (χ0n) is 11.8. The highest BCUT2D eigenvalue weighted by Gasteiger charge is 2.44. The lowest BCUT2D eigenvalue weighted by Crippen LogP contribution is -2.42. The Bertz CT molecular complexity index is 255. The Hall–Kier alpha value is 0.350. The van der Waals surface area contributed by atoms with Gasteiger partial charge < -0.3 is 0 Å². The molecule has 0 bridgehead atoms. The van der Waals surface area contributed by atoms with Crippen molar-refractivity contribution < 1.29 is 0 Å². The molecule has 0 aromatic rings. The van der Waals surface area contributed by atoms with Gasteiger partial charge in [0.15, 0.2) is 0 Å². The molecule has 100 valence electrons. The third-order valence-electron chi connectivity index (χ3n) is 6.22. The first-order valence-corrected chi connectivity index (χ1v) is 10.5. The summed E-state index contributed by atoms with van der Waals surface area (Å²) in [5.41, 5.74) is 0. The van der Waals surface area contributed by atoms with Crippen LogP contribution in [-0.4, -0.2) is 23.0 Å². The average molecular weight is 254 g/mol. The fourth-order valence-corrected chi connectivity index (χ4v) is 7.92. The minimum atomic E-state index is -0.276. The molecule has 0 saturated heterocycles. The SMILES string of the molecule is CS(C)(C1CCCCC1)C1CC(C2CCC2)C1. The molecular weight excluding hydrogens is 224 g/mol. The molecule has 0 heterocycles. The molecule has 0 amide bonds. The van der Waals surface area contributed by atoms with Gasteiger partial charge >= 0.3 is 0 Å². The zero-order chi connectivity index (χ0) is 11.9. The Morgan fingerprint density at radius 3 is 1.82 bits per heavy atom. The topological polar surface area (TPSA) is 0 Å². The summed E-state index contributed by atoms with van der Waals surface area (Å²) in [6.45, 7) is 0. The summed E-state index contributed by atoms with van der Waals surface area (Å²) in [6, 6.07) is 0. The standard InChI is InChI=1S/C16H30S/c1-17(2,15-9-4-3-5-10-15)16-11-14(12-16)13-7-6-8-13/h13-16H,3-12H2,1-2H3. The van der Waals surface area contributed by atoms with Gasteiger partial charge in [-0.2, -0.15) is 0 Å². The van der Waals surface area contributed by atoms with Crippen LogP contribution >= 0.6 is 10.0 Å². The summed E-state index contributed by atoms with van der Waals surface area (Å²) in [6.07, 6.45) is 20.9. The lowest BCUT2D eigenvalue weighted by Gasteiger charge is -2.56. The Kier molecular flexibility index (Phi) is 3.49. The van der Waals surface area contributed by atoms with Crippen LogP contribution in [0.15, 0.2) is 0 Å². The van der Waals surface area contributed by atoms with Gasteiger partial charge in [-0.3, -0.25) is 0 Å². The van der Waals surface area contributed by atoms with E-state index in [1.165, 1.54) is 25.7 Å². The van der Waals surface area contributed by atoms with Gasteiger partial charge in [-0.25, -0.2) is 10.0 Å². The molecule has 3 rings (SSSR count). The maximum absolute atomic E-state index is 2.67. The van der Waals surface area contributed by atoms with E-state index in [0.29, 0.717) is 0 Å². The van der Waals surface area contributed by atoms with Crippen molar-refractivity contribution in [3.8, 4) is 0 Å². The van der Waals surface area contributed by atoms with Crippen LogP contribution in [0, 0.1) is 11.8 Å². The average Bonchev–Trinajstić information content (AvgIpc) is 2.21. The second-order valence-corrected chi connectivity index (χ2v) is 11.6. The predicted octanol–water partition coefficient (Wildman–Crippen LogP) is 4.96. The third-order valence-corrected chi connectivity index (χ3v) is 10.5. The molecule has 17 heavy (non-hydrogen) atoms. The Balaban J connectivity index is 1.52. The minimum absolute atomic E-state index is 0.276. The van der Waals surface area contributed by atoms with E-state index in [0.717, 1.165) is 22.3 Å². The fourth-order valence-electron chi connectivity index (χ4n) is 4.34. The highest BCUT2D eigenvalue weighted by molar-refractivity contribution is 8.33. The van der Waals surface area contributed by atoms with E-state index in [-0.39, 0.29) is 10.0 Å². The lowest BCUT2D eigenvalue weighted by atomic mass is 9.67. The number of hydrogen-bond acceptors (Lipinski definition) is 0. The van der Waals surface area contributed by atoms with Crippen LogP contribution in [0.2, 0.25) is 0 Å². The van der Waals surface area contributed by atoms with E-state index in [4.69, 9.17) is 0 Å². The largest absolute Gasteiger partial charge is 0.241 e. The van der Waals surface area contributed by atoms with Crippen molar-refractivity contribution in [3.05, 3.63) is 0 Å². The van der Waals surface area contributed by atoms with Gasteiger partial charge in [-0.15, -0.1) is 0 Å². The highest BCUT2D eigenvalue weighted by Crippen LogP contribution is 2.63. The third kappa shape index (κ3) is 2.29. The first kappa shape index (κ1) is 12.4. The normalized spacial score (nSPS) is 37.3. The van der Waals surface area contributed by atoms with Crippen LogP contribution in [0.5, 0.6) is 0 Å². The molecule has 0 aromatic carbocycles. The minimum Gasteiger partial charge on any atom is -0.241 e. The van der Waals surface area contributed by atoms with Gasteiger partial charge in [0.2, 0.25) is 0 Å². The smallest absolute Gasteiger partial charge is 0.0109 e. The molecule has 3 fully saturated rings. The molecule has 0 aliphatic heterocycles. The molecule has 0 spiro atoms. The van der Waals surface area contributed by atoms with Crippen LogP contribution in [0.1, 0.15) is 64.2 Å².